The van der Waals surface area contributed by atoms with Crippen LogP contribution in [0.25, 0.3) is 6.08 Å². The lowest BCUT2D eigenvalue weighted by Crippen LogP contribution is -2.16. The maximum absolute atomic E-state index is 3.98. The first-order chi connectivity index (χ1) is 8.23. The first kappa shape index (κ1) is 14.8. The normalized spacial score (nSPS) is 11.8. The zero-order valence-electron chi connectivity index (χ0n) is 12.9. The largest absolute Gasteiger partial charge is 0.387 e. The molecule has 0 atom stereocenters. The van der Waals surface area contributed by atoms with Crippen molar-refractivity contribution in [2.24, 2.45) is 0 Å². The van der Waals surface area contributed by atoms with Gasteiger partial charge in [-0.2, -0.15) is 0 Å². The Labute approximate surface area is 112 Å². The molecule has 0 unspecified atom stereocenters. The highest BCUT2D eigenvalue weighted by Gasteiger charge is 2.22. The topological polar surface area (TPSA) is 12.0 Å². The molecule has 0 spiro atoms. The third-order valence-corrected chi connectivity index (χ3v) is 3.55. The molecule has 0 aliphatic rings. The Bertz CT molecular complexity index is 448. The third-order valence-electron chi connectivity index (χ3n) is 3.55. The summed E-state index contributed by atoms with van der Waals surface area (Å²) < 4.78 is 0. The van der Waals surface area contributed by atoms with Crippen molar-refractivity contribution in [2.45, 2.75) is 52.9 Å². The number of hydrogen-bond donors (Lipinski definition) is 1. The number of nitrogens with one attached hydrogen (secondary N) is 1. The van der Waals surface area contributed by atoms with Crippen molar-refractivity contribution in [3.8, 4) is 0 Å². The summed E-state index contributed by atoms with van der Waals surface area (Å²) >= 11 is 0. The summed E-state index contributed by atoms with van der Waals surface area (Å²) in [5, 5.41) is 3.34. The Balaban J connectivity index is 3.70. The van der Waals surface area contributed by atoms with E-state index in [-0.39, 0.29) is 5.41 Å². The highest BCUT2D eigenvalue weighted by Crippen LogP contribution is 2.37. The molecule has 0 radical (unpaired) electrons. The van der Waals surface area contributed by atoms with Crippen molar-refractivity contribution in [3.05, 3.63) is 34.9 Å². The van der Waals surface area contributed by atoms with Crippen LogP contribution in [0.4, 0.5) is 5.69 Å². The van der Waals surface area contributed by atoms with Crippen LogP contribution >= 0.6 is 0 Å². The fraction of sp³-hybridized carbons (Fsp3) is 0.529. The molecule has 18 heavy (non-hydrogen) atoms. The molecule has 0 heterocycles. The smallest absolute Gasteiger partial charge is 0.0449 e. The molecule has 1 heteroatoms. The van der Waals surface area contributed by atoms with Crippen molar-refractivity contribution in [1.82, 2.24) is 0 Å². The van der Waals surface area contributed by atoms with Gasteiger partial charge in [0, 0.05) is 18.3 Å². The van der Waals surface area contributed by atoms with Crippen LogP contribution in [0, 0.1) is 6.92 Å². The van der Waals surface area contributed by atoms with E-state index in [2.05, 4.69) is 59.5 Å². The highest BCUT2D eigenvalue weighted by atomic mass is 14.8. The summed E-state index contributed by atoms with van der Waals surface area (Å²) in [4.78, 5) is 0. The van der Waals surface area contributed by atoms with Gasteiger partial charge in [-0.3, -0.25) is 0 Å². The summed E-state index contributed by atoms with van der Waals surface area (Å²) in [6.45, 7) is 17.5. The quantitative estimate of drug-likeness (QED) is 0.781. The maximum atomic E-state index is 3.98. The lowest BCUT2D eigenvalue weighted by molar-refractivity contribution is 0.584. The molecular weight excluding hydrogens is 218 g/mol. The second-order valence-electron chi connectivity index (χ2n) is 6.29. The molecule has 1 nitrogen and oxygen atoms in total. The first-order valence-corrected chi connectivity index (χ1v) is 6.72. The number of hydrogen-bond acceptors (Lipinski definition) is 1. The minimum atomic E-state index is 0.164. The van der Waals surface area contributed by atoms with E-state index < -0.39 is 0 Å². The Hall–Kier alpha value is -1.24. The van der Waals surface area contributed by atoms with Gasteiger partial charge in [-0.05, 0) is 34.9 Å². The molecule has 1 N–H and O–H groups in total. The molecule has 1 aromatic carbocycles. The second kappa shape index (κ2) is 5.17. The summed E-state index contributed by atoms with van der Waals surface area (Å²) in [6.07, 6.45) is 1.97. The molecular formula is C17H27N. The van der Waals surface area contributed by atoms with Gasteiger partial charge in [-0.15, -0.1) is 0 Å². The van der Waals surface area contributed by atoms with E-state index in [1.807, 2.05) is 13.1 Å². The average Bonchev–Trinajstić information content (AvgIpc) is 2.25. The fourth-order valence-electron chi connectivity index (χ4n) is 2.59. The van der Waals surface area contributed by atoms with Gasteiger partial charge >= 0.3 is 0 Å². The van der Waals surface area contributed by atoms with Gasteiger partial charge in [-0.1, -0.05) is 53.3 Å². The van der Waals surface area contributed by atoms with E-state index in [0.717, 1.165) is 0 Å². The fourth-order valence-corrected chi connectivity index (χ4v) is 2.59. The predicted molar refractivity (Wildman–Crippen MR) is 83.6 cm³/mol. The van der Waals surface area contributed by atoms with Gasteiger partial charge in [0.1, 0.15) is 0 Å². The van der Waals surface area contributed by atoms with Crippen LogP contribution in [0.5, 0.6) is 0 Å². The van der Waals surface area contributed by atoms with Crippen LogP contribution in [0.15, 0.2) is 12.6 Å². The summed E-state index contributed by atoms with van der Waals surface area (Å²) in [5.74, 6) is 0.507. The molecule has 0 aliphatic carbocycles. The molecule has 0 aromatic heterocycles. The highest BCUT2D eigenvalue weighted by molar-refractivity contribution is 5.74. The van der Waals surface area contributed by atoms with Crippen LogP contribution < -0.4 is 5.32 Å². The SMILES string of the molecule is C=Cc1c(C)c(C(C)(C)C)cc(C(C)C)c1NC. The summed E-state index contributed by atoms with van der Waals surface area (Å²) in [7, 11) is 1.99. The van der Waals surface area contributed by atoms with Crippen molar-refractivity contribution in [1.29, 1.82) is 0 Å². The van der Waals surface area contributed by atoms with E-state index >= 15 is 0 Å². The van der Waals surface area contributed by atoms with Crippen molar-refractivity contribution >= 4 is 11.8 Å². The van der Waals surface area contributed by atoms with E-state index in [9.17, 15) is 0 Å². The maximum Gasteiger partial charge on any atom is 0.0449 e. The minimum Gasteiger partial charge on any atom is -0.387 e. The number of rotatable bonds is 3. The molecule has 1 aromatic rings. The van der Waals surface area contributed by atoms with Crippen LogP contribution in [0.1, 0.15) is 62.8 Å². The number of anilines is 1. The summed E-state index contributed by atoms with van der Waals surface area (Å²) in [5.41, 5.74) is 6.77. The van der Waals surface area contributed by atoms with Gasteiger partial charge in [0.25, 0.3) is 0 Å². The van der Waals surface area contributed by atoms with E-state index in [4.69, 9.17) is 0 Å². The van der Waals surface area contributed by atoms with Crippen molar-refractivity contribution in [3.63, 3.8) is 0 Å². The first-order valence-electron chi connectivity index (χ1n) is 6.72. The Kier molecular flexibility index (Phi) is 4.26. The van der Waals surface area contributed by atoms with E-state index in [0.29, 0.717) is 5.92 Å². The van der Waals surface area contributed by atoms with Gasteiger partial charge in [0.05, 0.1) is 0 Å². The zero-order valence-corrected chi connectivity index (χ0v) is 12.9. The van der Waals surface area contributed by atoms with Crippen molar-refractivity contribution in [2.75, 3.05) is 12.4 Å². The van der Waals surface area contributed by atoms with Crippen molar-refractivity contribution < 1.29 is 0 Å². The van der Waals surface area contributed by atoms with E-state index in [1.165, 1.54) is 27.9 Å². The molecule has 100 valence electrons. The standard InChI is InChI=1S/C17H27N/c1-9-13-12(4)15(17(5,6)7)10-14(11(2)3)16(13)18-8/h9-11,18H,1H2,2-8H3. The Morgan fingerprint density at radius 3 is 2.17 bits per heavy atom. The molecule has 1 rings (SSSR count). The van der Waals surface area contributed by atoms with Gasteiger partial charge in [0.2, 0.25) is 0 Å². The van der Waals surface area contributed by atoms with E-state index in [1.54, 1.807) is 0 Å². The van der Waals surface area contributed by atoms with Gasteiger partial charge in [-0.25, -0.2) is 0 Å². The van der Waals surface area contributed by atoms with Gasteiger partial charge in [0.15, 0.2) is 0 Å². The van der Waals surface area contributed by atoms with Crippen LogP contribution in [0.3, 0.4) is 0 Å². The number of benzene rings is 1. The Morgan fingerprint density at radius 1 is 1.28 bits per heavy atom. The van der Waals surface area contributed by atoms with Crippen LogP contribution in [-0.4, -0.2) is 7.05 Å². The lowest BCUT2D eigenvalue weighted by atomic mass is 9.79. The molecule has 0 saturated carbocycles. The predicted octanol–water partition coefficient (Wildman–Crippen LogP) is 5.10. The molecule has 0 fully saturated rings. The molecule has 0 saturated heterocycles. The van der Waals surface area contributed by atoms with Crippen LogP contribution in [-0.2, 0) is 5.41 Å². The second-order valence-corrected chi connectivity index (χ2v) is 6.29. The lowest BCUT2D eigenvalue weighted by Gasteiger charge is -2.27. The minimum absolute atomic E-state index is 0.164. The molecule has 0 aliphatic heterocycles. The zero-order chi connectivity index (χ0) is 14.1. The monoisotopic (exact) mass is 245 g/mol. The van der Waals surface area contributed by atoms with Crippen LogP contribution in [0.2, 0.25) is 0 Å². The molecule has 0 bridgehead atoms. The third kappa shape index (κ3) is 2.60. The van der Waals surface area contributed by atoms with Gasteiger partial charge < -0.3 is 5.32 Å². The Morgan fingerprint density at radius 2 is 1.83 bits per heavy atom. The average molecular weight is 245 g/mol. The summed E-state index contributed by atoms with van der Waals surface area (Å²) in [6, 6.07) is 2.36. The molecule has 0 amide bonds.